The van der Waals surface area contributed by atoms with Crippen molar-refractivity contribution in [1.82, 2.24) is 9.97 Å². The van der Waals surface area contributed by atoms with Gasteiger partial charge in [-0.2, -0.15) is 0 Å². The zero-order valence-corrected chi connectivity index (χ0v) is 9.71. The lowest BCUT2D eigenvalue weighted by molar-refractivity contribution is 0.103. The quantitative estimate of drug-likeness (QED) is 0.745. The molecule has 0 fully saturated rings. The zero-order valence-electron chi connectivity index (χ0n) is 9.71. The third kappa shape index (κ3) is 2.47. The average Bonchev–Trinajstić information content (AvgIpc) is 2.39. The van der Waals surface area contributed by atoms with Crippen LogP contribution in [0.15, 0.2) is 36.5 Å². The second-order valence-corrected chi connectivity index (χ2v) is 3.81. The van der Waals surface area contributed by atoms with Crippen LogP contribution in [0.1, 0.15) is 16.1 Å². The van der Waals surface area contributed by atoms with Crippen LogP contribution in [0.4, 0.5) is 5.69 Å². The molecule has 1 heterocycles. The van der Waals surface area contributed by atoms with Crippen molar-refractivity contribution in [2.24, 2.45) is 0 Å². The molecule has 4 nitrogen and oxygen atoms in total. The summed E-state index contributed by atoms with van der Waals surface area (Å²) in [4.78, 5) is 21.5. The number of rotatable bonds is 3. The summed E-state index contributed by atoms with van der Waals surface area (Å²) in [5.41, 5.74) is 2.02. The number of ketones is 1. The number of hydrogen-bond donors (Lipinski definition) is 0. The van der Waals surface area contributed by atoms with E-state index in [2.05, 4.69) is 16.3 Å². The van der Waals surface area contributed by atoms with Crippen molar-refractivity contribution in [2.45, 2.75) is 0 Å². The average molecular weight is 226 g/mol. The standard InChI is InChI=1S/C13H12N3O/c1-16(2)11-5-3-10(4-6-11)13(17)12-7-8-14-9-15-12/h3-8H,1-2H3. The molecular weight excluding hydrogens is 214 g/mol. The van der Waals surface area contributed by atoms with Gasteiger partial charge in [0.1, 0.15) is 5.69 Å². The summed E-state index contributed by atoms with van der Waals surface area (Å²) in [5.74, 6) is -0.117. The molecule has 0 saturated carbocycles. The number of carbonyl (C=O) groups excluding carboxylic acids is 1. The van der Waals surface area contributed by atoms with Crippen molar-refractivity contribution >= 4 is 11.5 Å². The predicted octanol–water partition coefficient (Wildman–Crippen LogP) is 1.57. The second kappa shape index (κ2) is 4.74. The summed E-state index contributed by atoms with van der Waals surface area (Å²) >= 11 is 0. The molecule has 0 bridgehead atoms. The highest BCUT2D eigenvalue weighted by molar-refractivity contribution is 6.07. The predicted molar refractivity (Wildman–Crippen MR) is 65.1 cm³/mol. The Labute approximate surface area is 99.9 Å². The van der Waals surface area contributed by atoms with Crippen LogP contribution in [0.2, 0.25) is 0 Å². The Bertz CT molecular complexity index is 506. The number of nitrogens with zero attached hydrogens (tertiary/aromatic N) is 3. The van der Waals surface area contributed by atoms with E-state index in [1.54, 1.807) is 18.2 Å². The minimum atomic E-state index is -0.117. The number of anilines is 1. The first-order chi connectivity index (χ1) is 8.18. The first kappa shape index (κ1) is 11.3. The molecule has 0 spiro atoms. The highest BCUT2D eigenvalue weighted by atomic mass is 16.1. The minimum absolute atomic E-state index is 0.117. The monoisotopic (exact) mass is 226 g/mol. The number of benzene rings is 1. The topological polar surface area (TPSA) is 46.1 Å². The molecule has 2 rings (SSSR count). The molecule has 85 valence electrons. The Morgan fingerprint density at radius 1 is 1.18 bits per heavy atom. The summed E-state index contributed by atoms with van der Waals surface area (Å²) in [7, 11) is 3.91. The van der Waals surface area contributed by atoms with Gasteiger partial charge in [-0.1, -0.05) is 0 Å². The van der Waals surface area contributed by atoms with Gasteiger partial charge in [0, 0.05) is 31.5 Å². The third-order valence-corrected chi connectivity index (χ3v) is 2.41. The van der Waals surface area contributed by atoms with Crippen LogP contribution in [0.5, 0.6) is 0 Å². The van der Waals surface area contributed by atoms with E-state index in [4.69, 9.17) is 0 Å². The molecule has 0 amide bonds. The van der Waals surface area contributed by atoms with Crippen LogP contribution < -0.4 is 4.90 Å². The van der Waals surface area contributed by atoms with E-state index in [1.165, 1.54) is 6.20 Å². The van der Waals surface area contributed by atoms with Crippen molar-refractivity contribution in [1.29, 1.82) is 0 Å². The van der Waals surface area contributed by atoms with Gasteiger partial charge in [0.15, 0.2) is 6.33 Å². The fraction of sp³-hybridized carbons (Fsp3) is 0.154. The molecule has 0 aliphatic rings. The molecule has 0 aliphatic heterocycles. The SMILES string of the molecule is CN(C)c1ccc(C(=O)c2ccn[c]n2)cc1. The maximum Gasteiger partial charge on any atom is 0.211 e. The van der Waals surface area contributed by atoms with E-state index in [1.807, 2.05) is 31.1 Å². The molecule has 0 N–H and O–H groups in total. The molecule has 17 heavy (non-hydrogen) atoms. The van der Waals surface area contributed by atoms with Gasteiger partial charge in [0.25, 0.3) is 0 Å². The van der Waals surface area contributed by atoms with Crippen LogP contribution in [-0.4, -0.2) is 29.8 Å². The van der Waals surface area contributed by atoms with Crippen LogP contribution in [0.25, 0.3) is 0 Å². The Hall–Kier alpha value is -2.23. The minimum Gasteiger partial charge on any atom is -0.378 e. The Balaban J connectivity index is 2.27. The van der Waals surface area contributed by atoms with E-state index >= 15 is 0 Å². The molecule has 0 atom stereocenters. The molecule has 1 aromatic carbocycles. The summed E-state index contributed by atoms with van der Waals surface area (Å²) in [6.45, 7) is 0. The molecule has 0 saturated heterocycles. The van der Waals surface area contributed by atoms with Crippen molar-refractivity contribution < 1.29 is 4.79 Å². The zero-order chi connectivity index (χ0) is 12.3. The van der Waals surface area contributed by atoms with Crippen LogP contribution in [0, 0.1) is 6.33 Å². The first-order valence-corrected chi connectivity index (χ1v) is 5.19. The molecule has 0 unspecified atom stereocenters. The maximum absolute atomic E-state index is 12.0. The molecular formula is C13H12N3O. The molecule has 1 aromatic heterocycles. The van der Waals surface area contributed by atoms with Crippen molar-refractivity contribution in [3.05, 3.63) is 54.1 Å². The molecule has 0 aliphatic carbocycles. The largest absolute Gasteiger partial charge is 0.378 e. The van der Waals surface area contributed by atoms with Crippen molar-refractivity contribution in [3.8, 4) is 0 Å². The van der Waals surface area contributed by atoms with E-state index in [9.17, 15) is 4.79 Å². The van der Waals surface area contributed by atoms with Gasteiger partial charge in [0.2, 0.25) is 5.78 Å². The van der Waals surface area contributed by atoms with Gasteiger partial charge in [-0.25, -0.2) is 9.97 Å². The summed E-state index contributed by atoms with van der Waals surface area (Å²) in [6.07, 6.45) is 3.92. The third-order valence-electron chi connectivity index (χ3n) is 2.41. The van der Waals surface area contributed by atoms with Gasteiger partial charge in [0.05, 0.1) is 0 Å². The lowest BCUT2D eigenvalue weighted by atomic mass is 10.1. The highest BCUT2D eigenvalue weighted by Crippen LogP contribution is 2.14. The van der Waals surface area contributed by atoms with Gasteiger partial charge < -0.3 is 4.90 Å². The fourth-order valence-corrected chi connectivity index (χ4v) is 1.45. The van der Waals surface area contributed by atoms with E-state index in [0.717, 1.165) is 5.69 Å². The summed E-state index contributed by atoms with van der Waals surface area (Å²) < 4.78 is 0. The van der Waals surface area contributed by atoms with Crippen molar-refractivity contribution in [3.63, 3.8) is 0 Å². The van der Waals surface area contributed by atoms with Gasteiger partial charge in [-0.05, 0) is 30.3 Å². The lowest BCUT2D eigenvalue weighted by Crippen LogP contribution is -2.09. The van der Waals surface area contributed by atoms with E-state index in [0.29, 0.717) is 11.3 Å². The van der Waals surface area contributed by atoms with Crippen LogP contribution >= 0.6 is 0 Å². The maximum atomic E-state index is 12.0. The first-order valence-electron chi connectivity index (χ1n) is 5.19. The van der Waals surface area contributed by atoms with Crippen LogP contribution in [0.3, 0.4) is 0 Å². The number of hydrogen-bond acceptors (Lipinski definition) is 4. The fourth-order valence-electron chi connectivity index (χ4n) is 1.45. The van der Waals surface area contributed by atoms with Crippen LogP contribution in [-0.2, 0) is 0 Å². The second-order valence-electron chi connectivity index (χ2n) is 3.81. The molecule has 4 heteroatoms. The highest BCUT2D eigenvalue weighted by Gasteiger charge is 2.09. The molecule has 1 radical (unpaired) electrons. The van der Waals surface area contributed by atoms with Gasteiger partial charge in [-0.15, -0.1) is 0 Å². The Morgan fingerprint density at radius 2 is 1.88 bits per heavy atom. The summed E-state index contributed by atoms with van der Waals surface area (Å²) in [5, 5.41) is 0. The Kier molecular flexibility index (Phi) is 3.14. The smallest absolute Gasteiger partial charge is 0.211 e. The van der Waals surface area contributed by atoms with E-state index in [-0.39, 0.29) is 5.78 Å². The van der Waals surface area contributed by atoms with Gasteiger partial charge in [-0.3, -0.25) is 4.79 Å². The number of carbonyl (C=O) groups is 1. The van der Waals surface area contributed by atoms with Crippen molar-refractivity contribution in [2.75, 3.05) is 19.0 Å². The summed E-state index contributed by atoms with van der Waals surface area (Å²) in [6, 6.07) is 8.97. The molecule has 2 aromatic rings. The van der Waals surface area contributed by atoms with Gasteiger partial charge >= 0.3 is 0 Å². The normalized spacial score (nSPS) is 10.0. The number of aromatic nitrogens is 2. The van der Waals surface area contributed by atoms with E-state index < -0.39 is 0 Å². The Morgan fingerprint density at radius 3 is 2.41 bits per heavy atom. The lowest BCUT2D eigenvalue weighted by Gasteiger charge is -2.12.